The summed E-state index contributed by atoms with van der Waals surface area (Å²) in [5.74, 6) is 0. The van der Waals surface area contributed by atoms with Crippen molar-refractivity contribution in [2.75, 3.05) is 18.0 Å². The van der Waals surface area contributed by atoms with E-state index in [-0.39, 0.29) is 0 Å². The number of unbranched alkanes of at least 4 members (excludes halogenated alkanes) is 1. The third kappa shape index (κ3) is 3.76. The van der Waals surface area contributed by atoms with E-state index in [9.17, 15) is 0 Å². The third-order valence-electron chi connectivity index (χ3n) is 4.22. The third-order valence-corrected chi connectivity index (χ3v) is 4.22. The van der Waals surface area contributed by atoms with Crippen LogP contribution in [0.5, 0.6) is 0 Å². The molecule has 2 heteroatoms. The summed E-state index contributed by atoms with van der Waals surface area (Å²) in [6.45, 7) is 9.00. The highest BCUT2D eigenvalue weighted by Crippen LogP contribution is 2.36. The number of para-hydroxylation sites is 1. The summed E-state index contributed by atoms with van der Waals surface area (Å²) in [6.07, 6.45) is 6.46. The summed E-state index contributed by atoms with van der Waals surface area (Å²) < 4.78 is 0. The normalized spacial score (nSPS) is 16.1. The lowest BCUT2D eigenvalue weighted by atomic mass is 10.0. The van der Waals surface area contributed by atoms with Crippen molar-refractivity contribution in [2.24, 2.45) is 0 Å². The number of hydrogen-bond acceptors (Lipinski definition) is 2. The maximum Gasteiger partial charge on any atom is 0.0417 e. The van der Waals surface area contributed by atoms with Crippen molar-refractivity contribution in [3.8, 4) is 0 Å². The van der Waals surface area contributed by atoms with Crippen LogP contribution in [0.1, 0.15) is 64.5 Å². The summed E-state index contributed by atoms with van der Waals surface area (Å²) in [5.41, 5.74) is 2.95. The first-order valence-electron chi connectivity index (χ1n) is 8.40. The van der Waals surface area contributed by atoms with Crippen LogP contribution in [0.2, 0.25) is 0 Å². The van der Waals surface area contributed by atoms with Crippen molar-refractivity contribution in [1.82, 2.24) is 5.32 Å². The van der Waals surface area contributed by atoms with Crippen LogP contribution >= 0.6 is 0 Å². The maximum atomic E-state index is 3.63. The molecule has 1 aliphatic rings. The number of nitrogens with one attached hydrogen (secondary N) is 1. The fraction of sp³-hybridized carbons (Fsp3) is 0.667. The second-order valence-electron chi connectivity index (χ2n) is 5.86. The standard InChI is InChI=1S/C18H30N2/c1-4-7-14-20(15-12-13-15)18-11-9-8-10-16(18)17(5-2)19-6-3/h8-11,15,17,19H,4-7,12-14H2,1-3H3. The van der Waals surface area contributed by atoms with Gasteiger partial charge in [0.25, 0.3) is 0 Å². The van der Waals surface area contributed by atoms with Crippen LogP contribution in [0.3, 0.4) is 0 Å². The molecule has 0 aliphatic heterocycles. The molecule has 1 atom stereocenters. The van der Waals surface area contributed by atoms with Gasteiger partial charge in [-0.2, -0.15) is 0 Å². The smallest absolute Gasteiger partial charge is 0.0417 e. The van der Waals surface area contributed by atoms with E-state index in [0.717, 1.165) is 19.0 Å². The molecule has 0 amide bonds. The fourth-order valence-electron chi connectivity index (χ4n) is 2.98. The number of rotatable bonds is 9. The predicted octanol–water partition coefficient (Wildman–Crippen LogP) is 4.52. The Hall–Kier alpha value is -1.02. The molecular weight excluding hydrogens is 244 g/mol. The quantitative estimate of drug-likeness (QED) is 0.712. The first-order chi connectivity index (χ1) is 9.81. The van der Waals surface area contributed by atoms with Gasteiger partial charge >= 0.3 is 0 Å². The molecule has 1 aromatic carbocycles. The number of anilines is 1. The predicted molar refractivity (Wildman–Crippen MR) is 88.4 cm³/mol. The molecule has 0 bridgehead atoms. The molecule has 20 heavy (non-hydrogen) atoms. The Morgan fingerprint density at radius 1 is 1.20 bits per heavy atom. The molecule has 1 aliphatic carbocycles. The number of benzene rings is 1. The van der Waals surface area contributed by atoms with Gasteiger partial charge in [0.15, 0.2) is 0 Å². The molecule has 2 rings (SSSR count). The second kappa shape index (κ2) is 7.68. The van der Waals surface area contributed by atoms with E-state index in [0.29, 0.717) is 6.04 Å². The first kappa shape index (κ1) is 15.4. The van der Waals surface area contributed by atoms with Gasteiger partial charge in [0.05, 0.1) is 0 Å². The average Bonchev–Trinajstić information content (AvgIpc) is 3.31. The van der Waals surface area contributed by atoms with Crippen LogP contribution in [-0.4, -0.2) is 19.1 Å². The molecule has 1 N–H and O–H groups in total. The van der Waals surface area contributed by atoms with Gasteiger partial charge in [-0.15, -0.1) is 0 Å². The van der Waals surface area contributed by atoms with Crippen LogP contribution in [0, 0.1) is 0 Å². The lowest BCUT2D eigenvalue weighted by Crippen LogP contribution is -2.30. The molecule has 1 saturated carbocycles. The van der Waals surface area contributed by atoms with Crippen molar-refractivity contribution in [3.05, 3.63) is 29.8 Å². The van der Waals surface area contributed by atoms with Crippen molar-refractivity contribution >= 4 is 5.69 Å². The molecule has 0 radical (unpaired) electrons. The lowest BCUT2D eigenvalue weighted by molar-refractivity contribution is 0.535. The van der Waals surface area contributed by atoms with Gasteiger partial charge in [0.1, 0.15) is 0 Å². The Balaban J connectivity index is 2.24. The number of nitrogens with zero attached hydrogens (tertiary/aromatic N) is 1. The van der Waals surface area contributed by atoms with Gasteiger partial charge in [-0.05, 0) is 43.9 Å². The van der Waals surface area contributed by atoms with E-state index in [2.05, 4.69) is 55.3 Å². The van der Waals surface area contributed by atoms with E-state index in [1.54, 1.807) is 0 Å². The van der Waals surface area contributed by atoms with Crippen LogP contribution in [0.15, 0.2) is 24.3 Å². The molecular formula is C18H30N2. The summed E-state index contributed by atoms with van der Waals surface area (Å²) in [6, 6.07) is 10.3. The second-order valence-corrected chi connectivity index (χ2v) is 5.86. The lowest BCUT2D eigenvalue weighted by Gasteiger charge is -2.30. The van der Waals surface area contributed by atoms with Crippen molar-refractivity contribution < 1.29 is 0 Å². The largest absolute Gasteiger partial charge is 0.368 e. The van der Waals surface area contributed by atoms with Gasteiger partial charge in [-0.1, -0.05) is 45.4 Å². The van der Waals surface area contributed by atoms with E-state index in [1.807, 2.05) is 0 Å². The Kier molecular flexibility index (Phi) is 5.90. The molecule has 1 fully saturated rings. The molecule has 2 nitrogen and oxygen atoms in total. The van der Waals surface area contributed by atoms with Crippen LogP contribution in [0.25, 0.3) is 0 Å². The summed E-state index contributed by atoms with van der Waals surface area (Å²) in [4.78, 5) is 2.67. The molecule has 0 saturated heterocycles. The minimum Gasteiger partial charge on any atom is -0.368 e. The minimum atomic E-state index is 0.485. The Morgan fingerprint density at radius 2 is 1.95 bits per heavy atom. The van der Waals surface area contributed by atoms with Crippen molar-refractivity contribution in [1.29, 1.82) is 0 Å². The molecule has 0 aromatic heterocycles. The van der Waals surface area contributed by atoms with Gasteiger partial charge in [-0.25, -0.2) is 0 Å². The number of hydrogen-bond donors (Lipinski definition) is 1. The van der Waals surface area contributed by atoms with E-state index in [1.165, 1.54) is 43.5 Å². The van der Waals surface area contributed by atoms with Crippen molar-refractivity contribution in [2.45, 2.75) is 65.0 Å². The molecule has 0 heterocycles. The zero-order valence-electron chi connectivity index (χ0n) is 13.4. The van der Waals surface area contributed by atoms with Crippen LogP contribution in [0.4, 0.5) is 5.69 Å². The Morgan fingerprint density at radius 3 is 2.55 bits per heavy atom. The fourth-order valence-corrected chi connectivity index (χ4v) is 2.98. The first-order valence-corrected chi connectivity index (χ1v) is 8.40. The maximum absolute atomic E-state index is 3.63. The Bertz CT molecular complexity index is 398. The SMILES string of the molecule is CCCCN(c1ccccc1C(CC)NCC)C1CC1. The average molecular weight is 274 g/mol. The van der Waals surface area contributed by atoms with Gasteiger partial charge < -0.3 is 10.2 Å². The highest BCUT2D eigenvalue weighted by Gasteiger charge is 2.30. The summed E-state index contributed by atoms with van der Waals surface area (Å²) >= 11 is 0. The summed E-state index contributed by atoms with van der Waals surface area (Å²) in [7, 11) is 0. The highest BCUT2D eigenvalue weighted by molar-refractivity contribution is 5.56. The molecule has 1 aromatic rings. The molecule has 112 valence electrons. The van der Waals surface area contributed by atoms with Crippen molar-refractivity contribution in [3.63, 3.8) is 0 Å². The Labute approximate surface area is 124 Å². The van der Waals surface area contributed by atoms with E-state index < -0.39 is 0 Å². The highest BCUT2D eigenvalue weighted by atomic mass is 15.2. The van der Waals surface area contributed by atoms with Gasteiger partial charge in [-0.3, -0.25) is 0 Å². The molecule has 1 unspecified atom stereocenters. The zero-order chi connectivity index (χ0) is 14.4. The van der Waals surface area contributed by atoms with Gasteiger partial charge in [0, 0.05) is 24.3 Å². The topological polar surface area (TPSA) is 15.3 Å². The van der Waals surface area contributed by atoms with E-state index >= 15 is 0 Å². The van der Waals surface area contributed by atoms with Crippen LogP contribution < -0.4 is 10.2 Å². The minimum absolute atomic E-state index is 0.485. The summed E-state index contributed by atoms with van der Waals surface area (Å²) in [5, 5.41) is 3.63. The van der Waals surface area contributed by atoms with E-state index in [4.69, 9.17) is 0 Å². The molecule has 0 spiro atoms. The zero-order valence-corrected chi connectivity index (χ0v) is 13.4. The van der Waals surface area contributed by atoms with Crippen LogP contribution in [-0.2, 0) is 0 Å². The van der Waals surface area contributed by atoms with Gasteiger partial charge in [0.2, 0.25) is 0 Å². The monoisotopic (exact) mass is 274 g/mol.